The molecule has 1 aliphatic heterocycles. The minimum atomic E-state index is -0.0710. The number of carbonyl (C=O) groups excluding carboxylic acids is 1. The molecule has 164 valence electrons. The zero-order valence-corrected chi connectivity index (χ0v) is 19.0. The average molecular weight is 440 g/mol. The molecule has 0 saturated carbocycles. The van der Waals surface area contributed by atoms with E-state index in [0.717, 1.165) is 54.6 Å². The van der Waals surface area contributed by atoms with E-state index in [9.17, 15) is 4.79 Å². The number of aryl methyl sites for hydroxylation is 2. The molecule has 6 nitrogen and oxygen atoms in total. The summed E-state index contributed by atoms with van der Waals surface area (Å²) in [5.74, 6) is 0.623. The Hall–Kier alpha value is -2.48. The van der Waals surface area contributed by atoms with E-state index < -0.39 is 0 Å². The fourth-order valence-corrected chi connectivity index (χ4v) is 4.72. The number of anilines is 1. The van der Waals surface area contributed by atoms with Crippen LogP contribution in [0.1, 0.15) is 17.5 Å². The van der Waals surface area contributed by atoms with Crippen molar-refractivity contribution in [1.29, 1.82) is 0 Å². The van der Waals surface area contributed by atoms with E-state index in [1.807, 2.05) is 30.3 Å². The highest BCUT2D eigenvalue weighted by atomic mass is 32.1. The molecular formula is C24H29N3O3S. The highest BCUT2D eigenvalue weighted by Gasteiger charge is 2.21. The second-order valence-corrected chi connectivity index (χ2v) is 8.86. The minimum absolute atomic E-state index is 0.00442. The molecule has 0 bridgehead atoms. The molecule has 0 unspecified atom stereocenters. The van der Waals surface area contributed by atoms with E-state index in [4.69, 9.17) is 14.5 Å². The first-order valence-electron chi connectivity index (χ1n) is 10.8. The summed E-state index contributed by atoms with van der Waals surface area (Å²) >= 11 is 1.57. The van der Waals surface area contributed by atoms with Crippen LogP contribution >= 0.6 is 11.3 Å². The molecule has 1 aliphatic rings. The first kappa shape index (κ1) is 21.7. The lowest BCUT2D eigenvalue weighted by atomic mass is 10.1. The van der Waals surface area contributed by atoms with Gasteiger partial charge in [0, 0.05) is 26.2 Å². The van der Waals surface area contributed by atoms with Gasteiger partial charge >= 0.3 is 0 Å². The van der Waals surface area contributed by atoms with Gasteiger partial charge in [0.25, 0.3) is 5.91 Å². The number of amides is 1. The van der Waals surface area contributed by atoms with Gasteiger partial charge in [-0.05, 0) is 55.7 Å². The molecule has 0 spiro atoms. The minimum Gasteiger partial charge on any atom is -0.484 e. The van der Waals surface area contributed by atoms with Crippen LogP contribution in [-0.4, -0.2) is 61.8 Å². The Kier molecular flexibility index (Phi) is 7.17. The van der Waals surface area contributed by atoms with Gasteiger partial charge in [0.1, 0.15) is 5.75 Å². The van der Waals surface area contributed by atoms with Crippen LogP contribution in [0.4, 0.5) is 5.13 Å². The lowest BCUT2D eigenvalue weighted by Gasteiger charge is -2.27. The van der Waals surface area contributed by atoms with Gasteiger partial charge in [-0.1, -0.05) is 29.5 Å². The lowest BCUT2D eigenvalue weighted by molar-refractivity contribution is -0.120. The van der Waals surface area contributed by atoms with Gasteiger partial charge in [0.15, 0.2) is 11.7 Å². The Balaban J connectivity index is 1.49. The van der Waals surface area contributed by atoms with Gasteiger partial charge < -0.3 is 9.47 Å². The molecule has 0 atom stereocenters. The number of rotatable bonds is 8. The second-order valence-electron chi connectivity index (χ2n) is 7.86. The van der Waals surface area contributed by atoms with Gasteiger partial charge in [-0.3, -0.25) is 14.6 Å². The van der Waals surface area contributed by atoms with E-state index in [0.29, 0.717) is 12.3 Å². The summed E-state index contributed by atoms with van der Waals surface area (Å²) in [7, 11) is 0. The van der Waals surface area contributed by atoms with Crippen molar-refractivity contribution in [3.8, 4) is 5.75 Å². The molecule has 0 aliphatic carbocycles. The van der Waals surface area contributed by atoms with Crippen molar-refractivity contribution in [2.24, 2.45) is 0 Å². The molecule has 4 rings (SSSR count). The number of hydrogen-bond donors (Lipinski definition) is 0. The number of fused-ring (bicyclic) bond motifs is 1. The molecule has 7 heteroatoms. The number of carbonyl (C=O) groups is 1. The van der Waals surface area contributed by atoms with Crippen molar-refractivity contribution in [3.05, 3.63) is 53.6 Å². The summed E-state index contributed by atoms with van der Waals surface area (Å²) in [5.41, 5.74) is 3.39. The van der Waals surface area contributed by atoms with Crippen LogP contribution in [0.15, 0.2) is 42.5 Å². The predicted molar refractivity (Wildman–Crippen MR) is 125 cm³/mol. The number of benzene rings is 2. The zero-order valence-electron chi connectivity index (χ0n) is 18.2. The standard InChI is InChI=1S/C24H29N3O3S/c1-18-15-21-22(16-19(18)2)31-24(25-21)27(10-6-9-26-11-13-29-14-12-26)23(28)17-30-20-7-4-3-5-8-20/h3-5,7-8,15-16H,6,9-14,17H2,1-2H3. The normalized spacial score (nSPS) is 14.6. The third-order valence-electron chi connectivity index (χ3n) is 5.59. The van der Waals surface area contributed by atoms with Gasteiger partial charge in [-0.2, -0.15) is 0 Å². The fraction of sp³-hybridized carbons (Fsp3) is 0.417. The van der Waals surface area contributed by atoms with Gasteiger partial charge in [0.2, 0.25) is 0 Å². The van der Waals surface area contributed by atoms with Crippen molar-refractivity contribution in [1.82, 2.24) is 9.88 Å². The molecule has 1 aromatic heterocycles. The highest BCUT2D eigenvalue weighted by Crippen LogP contribution is 2.31. The van der Waals surface area contributed by atoms with Crippen molar-refractivity contribution in [2.45, 2.75) is 20.3 Å². The van der Waals surface area contributed by atoms with Crippen LogP contribution in [0, 0.1) is 13.8 Å². The number of ether oxygens (including phenoxy) is 2. The monoisotopic (exact) mass is 439 g/mol. The summed E-state index contributed by atoms with van der Waals surface area (Å²) in [5, 5.41) is 0.739. The second kappa shape index (κ2) is 10.2. The maximum absolute atomic E-state index is 13.1. The lowest BCUT2D eigenvalue weighted by Crippen LogP contribution is -2.40. The summed E-state index contributed by atoms with van der Waals surface area (Å²) in [4.78, 5) is 22.1. The quantitative estimate of drug-likeness (QED) is 0.530. The average Bonchev–Trinajstić information content (AvgIpc) is 3.19. The Morgan fingerprint density at radius 3 is 2.68 bits per heavy atom. The maximum Gasteiger partial charge on any atom is 0.266 e. The Morgan fingerprint density at radius 1 is 1.16 bits per heavy atom. The first-order valence-corrected chi connectivity index (χ1v) is 11.6. The number of morpholine rings is 1. The molecule has 31 heavy (non-hydrogen) atoms. The topological polar surface area (TPSA) is 54.9 Å². The van der Waals surface area contributed by atoms with Crippen molar-refractivity contribution < 1.29 is 14.3 Å². The first-order chi connectivity index (χ1) is 15.1. The fourth-order valence-electron chi connectivity index (χ4n) is 3.63. The highest BCUT2D eigenvalue weighted by molar-refractivity contribution is 7.22. The predicted octanol–water partition coefficient (Wildman–Crippen LogP) is 4.05. The van der Waals surface area contributed by atoms with E-state index in [-0.39, 0.29) is 12.5 Å². The Bertz CT molecular complexity index is 977. The van der Waals surface area contributed by atoms with Crippen LogP contribution in [0.2, 0.25) is 0 Å². The molecular weight excluding hydrogens is 410 g/mol. The van der Waals surface area contributed by atoms with Crippen molar-refractivity contribution >= 4 is 32.6 Å². The smallest absolute Gasteiger partial charge is 0.266 e. The zero-order chi connectivity index (χ0) is 21.6. The van der Waals surface area contributed by atoms with E-state index in [2.05, 4.69) is 30.9 Å². The molecule has 2 heterocycles. The van der Waals surface area contributed by atoms with Gasteiger partial charge in [0.05, 0.1) is 23.4 Å². The molecule has 1 fully saturated rings. The van der Waals surface area contributed by atoms with Crippen LogP contribution in [-0.2, 0) is 9.53 Å². The third kappa shape index (κ3) is 5.61. The van der Waals surface area contributed by atoms with E-state index in [1.54, 1.807) is 16.2 Å². The SMILES string of the molecule is Cc1cc2nc(N(CCCN3CCOCC3)C(=O)COc3ccccc3)sc2cc1C. The van der Waals surface area contributed by atoms with Crippen molar-refractivity contribution in [2.75, 3.05) is 50.9 Å². The molecule has 0 N–H and O–H groups in total. The maximum atomic E-state index is 13.1. The molecule has 0 radical (unpaired) electrons. The van der Waals surface area contributed by atoms with Gasteiger partial charge in [-0.15, -0.1) is 0 Å². The van der Waals surface area contributed by atoms with E-state index >= 15 is 0 Å². The largest absolute Gasteiger partial charge is 0.484 e. The van der Waals surface area contributed by atoms with E-state index in [1.165, 1.54) is 11.1 Å². The summed E-state index contributed by atoms with van der Waals surface area (Å²) in [6, 6.07) is 13.7. The van der Waals surface area contributed by atoms with Crippen LogP contribution < -0.4 is 9.64 Å². The van der Waals surface area contributed by atoms with Crippen LogP contribution in [0.3, 0.4) is 0 Å². The number of aromatic nitrogens is 1. The Morgan fingerprint density at radius 2 is 1.90 bits per heavy atom. The van der Waals surface area contributed by atoms with Gasteiger partial charge in [-0.25, -0.2) is 4.98 Å². The summed E-state index contributed by atoms with van der Waals surface area (Å²) in [6.45, 7) is 9.21. The summed E-state index contributed by atoms with van der Waals surface area (Å²) < 4.78 is 12.3. The molecule has 3 aromatic rings. The third-order valence-corrected chi connectivity index (χ3v) is 6.63. The summed E-state index contributed by atoms with van der Waals surface area (Å²) in [6.07, 6.45) is 0.880. The molecule has 1 amide bonds. The van der Waals surface area contributed by atoms with Crippen molar-refractivity contribution in [3.63, 3.8) is 0 Å². The number of hydrogen-bond acceptors (Lipinski definition) is 6. The number of nitrogens with zero attached hydrogens (tertiary/aromatic N) is 3. The van der Waals surface area contributed by atoms with Crippen LogP contribution in [0.5, 0.6) is 5.75 Å². The van der Waals surface area contributed by atoms with Crippen LogP contribution in [0.25, 0.3) is 10.2 Å². The Labute approximate surface area is 187 Å². The molecule has 2 aromatic carbocycles. The number of para-hydroxylation sites is 1. The number of thiazole rings is 1. The molecule has 1 saturated heterocycles.